The predicted molar refractivity (Wildman–Crippen MR) is 71.3 cm³/mol. The largest absolute Gasteiger partial charge is 0.469 e. The molecule has 1 N–H and O–H groups in total. The lowest BCUT2D eigenvalue weighted by Crippen LogP contribution is -2.43. The van der Waals surface area contributed by atoms with Gasteiger partial charge in [-0.25, -0.2) is 0 Å². The monoisotopic (exact) mass is 258 g/mol. The fourth-order valence-electron chi connectivity index (χ4n) is 1.50. The van der Waals surface area contributed by atoms with Gasteiger partial charge in [-0.2, -0.15) is 0 Å². The van der Waals surface area contributed by atoms with Crippen LogP contribution in [0, 0.1) is 0 Å². The smallest absolute Gasteiger partial charge is 0.305 e. The second kappa shape index (κ2) is 9.88. The van der Waals surface area contributed by atoms with E-state index in [-0.39, 0.29) is 17.9 Å². The third-order valence-electron chi connectivity index (χ3n) is 2.99. The molecular formula is C13H26N2O3. The zero-order valence-corrected chi connectivity index (χ0v) is 12.0. The van der Waals surface area contributed by atoms with Crippen LogP contribution >= 0.6 is 0 Å². The number of carbonyl (C=O) groups excluding carboxylic acids is 2. The highest BCUT2D eigenvalue weighted by Gasteiger charge is 2.17. The average Bonchev–Trinajstić information content (AvgIpc) is 2.37. The van der Waals surface area contributed by atoms with Crippen LogP contribution in [0.25, 0.3) is 0 Å². The van der Waals surface area contributed by atoms with Gasteiger partial charge in [0, 0.05) is 13.0 Å². The molecule has 106 valence electrons. The highest BCUT2D eigenvalue weighted by atomic mass is 16.5. The maximum absolute atomic E-state index is 11.8. The number of likely N-dealkylation sites (N-methyl/N-ethyl adjacent to an activating group) is 1. The lowest BCUT2D eigenvalue weighted by molar-refractivity contribution is -0.140. The number of hydrogen-bond donors (Lipinski definition) is 1. The zero-order valence-electron chi connectivity index (χ0n) is 12.0. The van der Waals surface area contributed by atoms with E-state index >= 15 is 0 Å². The summed E-state index contributed by atoms with van der Waals surface area (Å²) in [6.07, 6.45) is 3.18. The van der Waals surface area contributed by atoms with E-state index in [9.17, 15) is 9.59 Å². The van der Waals surface area contributed by atoms with Gasteiger partial charge in [0.2, 0.25) is 5.91 Å². The van der Waals surface area contributed by atoms with Crippen LogP contribution in [0.3, 0.4) is 0 Å². The van der Waals surface area contributed by atoms with Gasteiger partial charge in [-0.3, -0.25) is 14.5 Å². The van der Waals surface area contributed by atoms with Crippen LogP contribution in [0.2, 0.25) is 0 Å². The molecule has 5 nitrogen and oxygen atoms in total. The first kappa shape index (κ1) is 16.9. The molecule has 5 heteroatoms. The van der Waals surface area contributed by atoms with Crippen molar-refractivity contribution < 1.29 is 14.3 Å². The van der Waals surface area contributed by atoms with Crippen molar-refractivity contribution in [3.8, 4) is 0 Å². The SMILES string of the molecule is CCCCNC(=O)C(C)N(C)CCCC(=O)OC. The number of esters is 1. The number of ether oxygens (including phenoxy) is 1. The molecular weight excluding hydrogens is 232 g/mol. The summed E-state index contributed by atoms with van der Waals surface area (Å²) in [5.41, 5.74) is 0. The molecule has 0 aliphatic rings. The van der Waals surface area contributed by atoms with E-state index in [1.807, 2.05) is 18.9 Å². The van der Waals surface area contributed by atoms with Gasteiger partial charge in [-0.05, 0) is 33.4 Å². The first-order chi connectivity index (χ1) is 8.52. The molecule has 1 unspecified atom stereocenters. The van der Waals surface area contributed by atoms with Crippen molar-refractivity contribution in [3.63, 3.8) is 0 Å². The molecule has 0 aromatic carbocycles. The highest BCUT2D eigenvalue weighted by molar-refractivity contribution is 5.81. The summed E-state index contributed by atoms with van der Waals surface area (Å²) in [4.78, 5) is 24.7. The maximum Gasteiger partial charge on any atom is 0.305 e. The summed E-state index contributed by atoms with van der Waals surface area (Å²) in [7, 11) is 3.27. The van der Waals surface area contributed by atoms with Gasteiger partial charge in [0.1, 0.15) is 0 Å². The van der Waals surface area contributed by atoms with Crippen molar-refractivity contribution >= 4 is 11.9 Å². The van der Waals surface area contributed by atoms with Crippen molar-refractivity contribution in [1.29, 1.82) is 0 Å². The van der Waals surface area contributed by atoms with Crippen LogP contribution in [0.1, 0.15) is 39.5 Å². The van der Waals surface area contributed by atoms with Crippen molar-refractivity contribution in [2.45, 2.75) is 45.6 Å². The van der Waals surface area contributed by atoms with E-state index in [1.165, 1.54) is 7.11 Å². The molecule has 0 aliphatic heterocycles. The Morgan fingerprint density at radius 3 is 2.56 bits per heavy atom. The Labute approximate surface area is 110 Å². The van der Waals surface area contributed by atoms with Crippen LogP contribution in [0.4, 0.5) is 0 Å². The van der Waals surface area contributed by atoms with Gasteiger partial charge in [0.15, 0.2) is 0 Å². The van der Waals surface area contributed by atoms with Gasteiger partial charge in [0.05, 0.1) is 13.2 Å². The van der Waals surface area contributed by atoms with Crippen molar-refractivity contribution in [2.24, 2.45) is 0 Å². The fourth-order valence-corrected chi connectivity index (χ4v) is 1.50. The standard InChI is InChI=1S/C13H26N2O3/c1-5-6-9-14-13(17)11(2)15(3)10-7-8-12(16)18-4/h11H,5-10H2,1-4H3,(H,14,17). The zero-order chi connectivity index (χ0) is 14.0. The lowest BCUT2D eigenvalue weighted by Gasteiger charge is -2.23. The minimum absolute atomic E-state index is 0.0454. The molecule has 1 atom stereocenters. The Bertz CT molecular complexity index is 257. The third-order valence-corrected chi connectivity index (χ3v) is 2.99. The molecule has 0 heterocycles. The Kier molecular flexibility index (Phi) is 9.28. The summed E-state index contributed by atoms with van der Waals surface area (Å²) in [5, 5.41) is 2.90. The van der Waals surface area contributed by atoms with E-state index in [4.69, 9.17) is 0 Å². The van der Waals surface area contributed by atoms with Gasteiger partial charge in [-0.1, -0.05) is 13.3 Å². The molecule has 1 amide bonds. The molecule has 0 fully saturated rings. The minimum Gasteiger partial charge on any atom is -0.469 e. The third kappa shape index (κ3) is 7.27. The van der Waals surface area contributed by atoms with Crippen LogP contribution in [-0.2, 0) is 14.3 Å². The van der Waals surface area contributed by atoms with E-state index in [0.29, 0.717) is 19.4 Å². The second-order valence-electron chi connectivity index (χ2n) is 4.48. The van der Waals surface area contributed by atoms with Crippen molar-refractivity contribution in [3.05, 3.63) is 0 Å². The number of nitrogens with zero attached hydrogens (tertiary/aromatic N) is 1. The minimum atomic E-state index is -0.205. The van der Waals surface area contributed by atoms with Crippen LogP contribution < -0.4 is 5.32 Å². The molecule has 0 aromatic heterocycles. The summed E-state index contributed by atoms with van der Waals surface area (Å²) in [5.74, 6) is -0.160. The number of methoxy groups -OCH3 is 1. The maximum atomic E-state index is 11.8. The van der Waals surface area contributed by atoms with E-state index in [0.717, 1.165) is 19.4 Å². The molecule has 0 aromatic rings. The van der Waals surface area contributed by atoms with Crippen LogP contribution in [0.15, 0.2) is 0 Å². The summed E-state index contributed by atoms with van der Waals surface area (Å²) < 4.78 is 4.57. The number of carbonyl (C=O) groups is 2. The van der Waals surface area contributed by atoms with Crippen molar-refractivity contribution in [1.82, 2.24) is 10.2 Å². The lowest BCUT2D eigenvalue weighted by atomic mass is 10.2. The molecule has 0 saturated carbocycles. The summed E-state index contributed by atoms with van der Waals surface area (Å²) in [6, 6.07) is -0.167. The Hall–Kier alpha value is -1.10. The predicted octanol–water partition coefficient (Wildman–Crippen LogP) is 1.18. The highest BCUT2D eigenvalue weighted by Crippen LogP contribution is 2.00. The number of amides is 1. The normalized spacial score (nSPS) is 12.3. The van der Waals surface area contributed by atoms with Crippen LogP contribution in [0.5, 0.6) is 0 Å². The Morgan fingerprint density at radius 2 is 2.00 bits per heavy atom. The number of hydrogen-bond acceptors (Lipinski definition) is 4. The molecule has 0 radical (unpaired) electrons. The van der Waals surface area contributed by atoms with Crippen molar-refractivity contribution in [2.75, 3.05) is 27.2 Å². The van der Waals surface area contributed by atoms with Crippen LogP contribution in [-0.4, -0.2) is 50.1 Å². The van der Waals surface area contributed by atoms with E-state index in [2.05, 4.69) is 17.0 Å². The first-order valence-corrected chi connectivity index (χ1v) is 6.57. The second-order valence-corrected chi connectivity index (χ2v) is 4.48. The number of unbranched alkanes of at least 4 members (excludes halogenated alkanes) is 1. The average molecular weight is 258 g/mol. The Balaban J connectivity index is 3.83. The summed E-state index contributed by atoms with van der Waals surface area (Å²) >= 11 is 0. The fraction of sp³-hybridized carbons (Fsp3) is 0.846. The molecule has 0 saturated heterocycles. The topological polar surface area (TPSA) is 58.6 Å². The molecule has 18 heavy (non-hydrogen) atoms. The molecule has 0 spiro atoms. The summed E-state index contributed by atoms with van der Waals surface area (Å²) in [6.45, 7) is 5.40. The number of rotatable bonds is 9. The van der Waals surface area contributed by atoms with E-state index in [1.54, 1.807) is 0 Å². The van der Waals surface area contributed by atoms with Gasteiger partial charge < -0.3 is 10.1 Å². The van der Waals surface area contributed by atoms with Gasteiger partial charge in [-0.15, -0.1) is 0 Å². The molecule has 0 bridgehead atoms. The Morgan fingerprint density at radius 1 is 1.33 bits per heavy atom. The van der Waals surface area contributed by atoms with E-state index < -0.39 is 0 Å². The van der Waals surface area contributed by atoms with Gasteiger partial charge in [0.25, 0.3) is 0 Å². The first-order valence-electron chi connectivity index (χ1n) is 6.57. The van der Waals surface area contributed by atoms with Gasteiger partial charge >= 0.3 is 5.97 Å². The number of nitrogens with one attached hydrogen (secondary N) is 1. The molecule has 0 rings (SSSR count). The molecule has 0 aliphatic carbocycles. The quantitative estimate of drug-likeness (QED) is 0.498.